The number of fused-ring (bicyclic) bond motifs is 2. The van der Waals surface area contributed by atoms with Gasteiger partial charge in [0.15, 0.2) is 6.61 Å². The Kier molecular flexibility index (Phi) is 4.66. The van der Waals surface area contributed by atoms with E-state index in [2.05, 4.69) is 11.0 Å². The van der Waals surface area contributed by atoms with E-state index in [1.165, 1.54) is 0 Å². The molecule has 0 bridgehead atoms. The number of carboxylic acid groups (broad SMARTS) is 1. The van der Waals surface area contributed by atoms with Crippen LogP contribution in [0.15, 0.2) is 18.2 Å². The molecule has 2 heterocycles. The predicted molar refractivity (Wildman–Crippen MR) is 106 cm³/mol. The molecule has 3 aliphatic rings. The topological polar surface area (TPSA) is 97.1 Å². The molecule has 4 rings (SSSR count). The van der Waals surface area contributed by atoms with Crippen molar-refractivity contribution in [3.63, 3.8) is 0 Å². The maximum Gasteiger partial charge on any atom is 0.408 e. The van der Waals surface area contributed by atoms with E-state index < -0.39 is 11.6 Å². The largest absolute Gasteiger partial charge is 0.482 e. The molecule has 1 aliphatic carbocycles. The molecule has 2 atom stereocenters. The number of amides is 2. The summed E-state index contributed by atoms with van der Waals surface area (Å²) in [7, 11) is 0. The van der Waals surface area contributed by atoms with E-state index in [4.69, 9.17) is 10.00 Å². The second kappa shape index (κ2) is 6.92. The summed E-state index contributed by atoms with van der Waals surface area (Å²) in [6.07, 6.45) is -0.854. The second-order valence-corrected chi connectivity index (χ2v) is 9.03. The number of benzene rings is 1. The van der Waals surface area contributed by atoms with E-state index >= 15 is 0 Å². The normalized spacial score (nSPS) is 25.7. The highest BCUT2D eigenvalue weighted by Gasteiger charge is 2.61. The standard InChI is InChI=1S/C21H26N4O4/c1-21(2,3)25(20(27)28)19-14-10-23(11-15(14)19)6-7-24-16-8-13(9-22)4-5-17(16)29-12-18(24)26/h4-5,8,14-15,19H,6-7,10-12H2,1-3H3,(H,27,28). The molecule has 0 spiro atoms. The van der Waals surface area contributed by atoms with Gasteiger partial charge in [0.1, 0.15) is 5.75 Å². The molecule has 2 unspecified atom stereocenters. The van der Waals surface area contributed by atoms with Gasteiger partial charge < -0.3 is 19.6 Å². The summed E-state index contributed by atoms with van der Waals surface area (Å²) >= 11 is 0. The number of nitriles is 1. The Labute approximate surface area is 170 Å². The summed E-state index contributed by atoms with van der Waals surface area (Å²) in [5.74, 6) is 1.24. The van der Waals surface area contributed by atoms with Gasteiger partial charge in [0, 0.05) is 37.8 Å². The minimum Gasteiger partial charge on any atom is -0.482 e. The van der Waals surface area contributed by atoms with E-state index in [1.54, 1.807) is 28.0 Å². The fourth-order valence-corrected chi connectivity index (χ4v) is 4.77. The molecule has 154 valence electrons. The lowest BCUT2D eigenvalue weighted by Crippen LogP contribution is -2.49. The Bertz CT molecular complexity index is 876. The Morgan fingerprint density at radius 3 is 2.59 bits per heavy atom. The van der Waals surface area contributed by atoms with Crippen molar-refractivity contribution >= 4 is 17.7 Å². The van der Waals surface area contributed by atoms with Gasteiger partial charge in [0.25, 0.3) is 5.91 Å². The molecule has 2 fully saturated rings. The van der Waals surface area contributed by atoms with E-state index in [1.807, 2.05) is 20.8 Å². The van der Waals surface area contributed by atoms with E-state index in [0.717, 1.165) is 13.1 Å². The van der Waals surface area contributed by atoms with Crippen molar-refractivity contribution in [3.8, 4) is 11.8 Å². The summed E-state index contributed by atoms with van der Waals surface area (Å²) in [6.45, 7) is 8.74. The zero-order valence-electron chi connectivity index (χ0n) is 17.0. The number of carbonyl (C=O) groups excluding carboxylic acids is 1. The first-order valence-electron chi connectivity index (χ1n) is 9.92. The molecule has 8 heteroatoms. The average molecular weight is 398 g/mol. The first-order chi connectivity index (χ1) is 13.7. The number of anilines is 1. The fourth-order valence-electron chi connectivity index (χ4n) is 4.77. The van der Waals surface area contributed by atoms with Crippen LogP contribution in [0.5, 0.6) is 5.75 Å². The van der Waals surface area contributed by atoms with Crippen molar-refractivity contribution in [2.24, 2.45) is 11.8 Å². The molecule has 2 aliphatic heterocycles. The molecule has 2 amide bonds. The molecule has 8 nitrogen and oxygen atoms in total. The van der Waals surface area contributed by atoms with E-state index in [0.29, 0.717) is 41.9 Å². The first-order valence-corrected chi connectivity index (χ1v) is 9.92. The van der Waals surface area contributed by atoms with Gasteiger partial charge in [-0.25, -0.2) is 4.79 Å². The molecule has 1 aromatic rings. The number of hydrogen-bond acceptors (Lipinski definition) is 5. The number of ether oxygens (including phenoxy) is 1. The summed E-state index contributed by atoms with van der Waals surface area (Å²) in [4.78, 5) is 29.7. The molecule has 29 heavy (non-hydrogen) atoms. The van der Waals surface area contributed by atoms with Crippen LogP contribution >= 0.6 is 0 Å². The number of hydrogen-bond donors (Lipinski definition) is 1. The summed E-state index contributed by atoms with van der Waals surface area (Å²) < 4.78 is 5.48. The molecule has 1 aromatic carbocycles. The van der Waals surface area contributed by atoms with Gasteiger partial charge in [-0.1, -0.05) is 0 Å². The van der Waals surface area contributed by atoms with Crippen LogP contribution in [0.2, 0.25) is 0 Å². The van der Waals surface area contributed by atoms with Crippen LogP contribution in [0.3, 0.4) is 0 Å². The maximum absolute atomic E-state index is 12.4. The highest BCUT2D eigenvalue weighted by molar-refractivity contribution is 5.98. The molecule has 1 saturated carbocycles. The number of likely N-dealkylation sites (tertiary alicyclic amines) is 1. The smallest absolute Gasteiger partial charge is 0.408 e. The monoisotopic (exact) mass is 398 g/mol. The van der Waals surface area contributed by atoms with Crippen LogP contribution in [0, 0.1) is 23.2 Å². The zero-order valence-corrected chi connectivity index (χ0v) is 17.0. The van der Waals surface area contributed by atoms with Gasteiger partial charge in [-0.15, -0.1) is 0 Å². The van der Waals surface area contributed by atoms with E-state index in [9.17, 15) is 14.7 Å². The number of carbonyl (C=O) groups is 2. The minimum atomic E-state index is -0.854. The van der Waals surface area contributed by atoms with Crippen LogP contribution in [0.25, 0.3) is 0 Å². The Hall–Kier alpha value is -2.79. The third kappa shape index (κ3) is 3.51. The predicted octanol–water partition coefficient (Wildman–Crippen LogP) is 1.99. The molecule has 0 radical (unpaired) electrons. The Morgan fingerprint density at radius 2 is 2.00 bits per heavy atom. The van der Waals surface area contributed by atoms with Gasteiger partial charge >= 0.3 is 6.09 Å². The Balaban J connectivity index is 1.38. The second-order valence-electron chi connectivity index (χ2n) is 9.03. The van der Waals surface area contributed by atoms with Crippen LogP contribution in [-0.2, 0) is 4.79 Å². The zero-order chi connectivity index (χ0) is 20.9. The summed E-state index contributed by atoms with van der Waals surface area (Å²) in [5.41, 5.74) is 0.731. The highest BCUT2D eigenvalue weighted by Crippen LogP contribution is 2.50. The number of rotatable bonds is 4. The first kappa shape index (κ1) is 19.5. The molecular weight excluding hydrogens is 372 g/mol. The SMILES string of the molecule is CC(C)(C)N(C(=O)O)C1C2CN(CCN3C(=O)COc4ccc(C#N)cc43)CC21. The van der Waals surface area contributed by atoms with Gasteiger partial charge in [0.2, 0.25) is 0 Å². The van der Waals surface area contributed by atoms with Gasteiger partial charge in [0.05, 0.1) is 17.3 Å². The maximum atomic E-state index is 12.4. The van der Waals surface area contributed by atoms with Crippen LogP contribution in [0.4, 0.5) is 10.5 Å². The molecule has 0 aromatic heterocycles. The molecular formula is C21H26N4O4. The van der Waals surface area contributed by atoms with Gasteiger partial charge in [-0.2, -0.15) is 5.26 Å². The molecule has 1 saturated heterocycles. The van der Waals surface area contributed by atoms with Crippen molar-refractivity contribution < 1.29 is 19.4 Å². The van der Waals surface area contributed by atoms with Crippen molar-refractivity contribution in [2.45, 2.75) is 32.4 Å². The van der Waals surface area contributed by atoms with Crippen LogP contribution < -0.4 is 9.64 Å². The minimum absolute atomic E-state index is 0.00534. The van der Waals surface area contributed by atoms with Gasteiger partial charge in [-0.05, 0) is 50.8 Å². The van der Waals surface area contributed by atoms with Crippen molar-refractivity contribution in [2.75, 3.05) is 37.7 Å². The summed E-state index contributed by atoms with van der Waals surface area (Å²) in [6, 6.07) is 7.30. The fraction of sp³-hybridized carbons (Fsp3) is 0.571. The number of piperidine rings is 1. The molecule has 1 N–H and O–H groups in total. The quantitative estimate of drug-likeness (QED) is 0.833. The lowest BCUT2D eigenvalue weighted by Gasteiger charge is -2.36. The van der Waals surface area contributed by atoms with Crippen molar-refractivity contribution in [1.29, 1.82) is 5.26 Å². The van der Waals surface area contributed by atoms with Crippen LogP contribution in [-0.4, -0.2) is 71.3 Å². The lowest BCUT2D eigenvalue weighted by molar-refractivity contribution is -0.121. The Morgan fingerprint density at radius 1 is 1.31 bits per heavy atom. The van der Waals surface area contributed by atoms with Crippen molar-refractivity contribution in [1.82, 2.24) is 9.80 Å². The lowest BCUT2D eigenvalue weighted by atomic mass is 10.1. The third-order valence-electron chi connectivity index (χ3n) is 6.12. The third-order valence-corrected chi connectivity index (χ3v) is 6.12. The summed E-state index contributed by atoms with van der Waals surface area (Å²) in [5, 5.41) is 18.8. The average Bonchev–Trinajstić information content (AvgIpc) is 3.10. The van der Waals surface area contributed by atoms with Crippen LogP contribution in [0.1, 0.15) is 26.3 Å². The van der Waals surface area contributed by atoms with E-state index in [-0.39, 0.29) is 18.6 Å². The van der Waals surface area contributed by atoms with Gasteiger partial charge in [-0.3, -0.25) is 9.69 Å². The van der Waals surface area contributed by atoms with Crippen molar-refractivity contribution in [3.05, 3.63) is 23.8 Å². The number of nitrogens with zero attached hydrogens (tertiary/aromatic N) is 4. The highest BCUT2D eigenvalue weighted by atomic mass is 16.5.